The van der Waals surface area contributed by atoms with Crippen molar-refractivity contribution in [3.8, 4) is 0 Å². The van der Waals surface area contributed by atoms with Crippen LogP contribution in [0, 0.1) is 5.92 Å². The van der Waals surface area contributed by atoms with Gasteiger partial charge in [-0.2, -0.15) is 5.10 Å². The number of hydrogen-bond donors (Lipinski definition) is 1. The molecule has 0 fully saturated rings. The zero-order valence-corrected chi connectivity index (χ0v) is 12.5. The third-order valence-corrected chi connectivity index (χ3v) is 3.66. The van der Waals surface area contributed by atoms with Crippen LogP contribution in [-0.4, -0.2) is 40.4 Å². The lowest BCUT2D eigenvalue weighted by Crippen LogP contribution is -2.22. The summed E-state index contributed by atoms with van der Waals surface area (Å²) in [7, 11) is 4.03. The van der Waals surface area contributed by atoms with E-state index in [9.17, 15) is 5.11 Å². The van der Waals surface area contributed by atoms with E-state index in [0.717, 1.165) is 31.6 Å². The van der Waals surface area contributed by atoms with Gasteiger partial charge in [-0.05, 0) is 20.0 Å². The van der Waals surface area contributed by atoms with Crippen molar-refractivity contribution in [3.63, 3.8) is 0 Å². The van der Waals surface area contributed by atoms with Gasteiger partial charge in [-0.15, -0.1) is 0 Å². The average Bonchev–Trinajstić information content (AvgIpc) is 2.69. The van der Waals surface area contributed by atoms with E-state index in [-0.39, 0.29) is 5.92 Å². The van der Waals surface area contributed by atoms with Gasteiger partial charge in [0.15, 0.2) is 0 Å². The monoisotopic (exact) mass is 273 g/mol. The molecule has 0 aliphatic rings. The van der Waals surface area contributed by atoms with Gasteiger partial charge in [-0.25, -0.2) is 0 Å². The molecule has 1 atom stereocenters. The summed E-state index contributed by atoms with van der Waals surface area (Å²) >= 11 is 6.16. The first-order valence-corrected chi connectivity index (χ1v) is 6.93. The quantitative estimate of drug-likeness (QED) is 0.830. The number of halogens is 1. The van der Waals surface area contributed by atoms with Gasteiger partial charge in [-0.1, -0.05) is 38.3 Å². The van der Waals surface area contributed by atoms with Crippen LogP contribution in [0.4, 0.5) is 0 Å². The maximum absolute atomic E-state index is 10.4. The minimum Gasteiger partial charge on any atom is -0.386 e. The standard InChI is InChI=1S/C13H24ClN3O/c1-5-10(6-2)13(18)12-11(14)9-15-17(12)8-7-16(3)4/h9-10,13,18H,5-8H2,1-4H3. The van der Waals surface area contributed by atoms with Crippen molar-refractivity contribution in [1.82, 2.24) is 14.7 Å². The van der Waals surface area contributed by atoms with Gasteiger partial charge in [0.25, 0.3) is 0 Å². The summed E-state index contributed by atoms with van der Waals surface area (Å²) in [5.41, 5.74) is 0.757. The smallest absolute Gasteiger partial charge is 0.0999 e. The Kier molecular flexibility index (Phi) is 6.12. The van der Waals surface area contributed by atoms with Gasteiger partial charge in [0.1, 0.15) is 0 Å². The molecule has 1 N–H and O–H groups in total. The van der Waals surface area contributed by atoms with Crippen LogP contribution in [0.15, 0.2) is 6.20 Å². The highest BCUT2D eigenvalue weighted by molar-refractivity contribution is 6.31. The normalized spacial score (nSPS) is 13.6. The van der Waals surface area contributed by atoms with E-state index >= 15 is 0 Å². The van der Waals surface area contributed by atoms with Crippen LogP contribution in [0.5, 0.6) is 0 Å². The second-order valence-corrected chi connectivity index (χ2v) is 5.33. The van der Waals surface area contributed by atoms with E-state index in [4.69, 9.17) is 11.6 Å². The van der Waals surface area contributed by atoms with Crippen molar-refractivity contribution < 1.29 is 5.11 Å². The molecule has 1 heterocycles. The molecular weight excluding hydrogens is 250 g/mol. The molecule has 18 heavy (non-hydrogen) atoms. The average molecular weight is 274 g/mol. The molecule has 0 amide bonds. The van der Waals surface area contributed by atoms with Gasteiger partial charge in [0.05, 0.1) is 29.6 Å². The zero-order valence-electron chi connectivity index (χ0n) is 11.7. The summed E-state index contributed by atoms with van der Waals surface area (Å²) in [5, 5.41) is 15.3. The van der Waals surface area contributed by atoms with Crippen LogP contribution in [-0.2, 0) is 6.54 Å². The predicted molar refractivity (Wildman–Crippen MR) is 74.8 cm³/mol. The maximum atomic E-state index is 10.4. The van der Waals surface area contributed by atoms with Crippen molar-refractivity contribution in [2.45, 2.75) is 39.3 Å². The van der Waals surface area contributed by atoms with Gasteiger partial charge in [0.2, 0.25) is 0 Å². The molecule has 104 valence electrons. The van der Waals surface area contributed by atoms with E-state index in [1.165, 1.54) is 0 Å². The van der Waals surface area contributed by atoms with Crippen molar-refractivity contribution in [2.75, 3.05) is 20.6 Å². The van der Waals surface area contributed by atoms with Gasteiger partial charge < -0.3 is 10.0 Å². The van der Waals surface area contributed by atoms with E-state index in [1.54, 1.807) is 6.20 Å². The summed E-state index contributed by atoms with van der Waals surface area (Å²) in [6.07, 6.45) is 2.97. The summed E-state index contributed by atoms with van der Waals surface area (Å²) in [4.78, 5) is 2.09. The molecule has 0 aromatic carbocycles. The van der Waals surface area contributed by atoms with E-state index in [1.807, 2.05) is 18.8 Å². The topological polar surface area (TPSA) is 41.3 Å². The molecule has 1 aromatic rings. The zero-order chi connectivity index (χ0) is 13.7. The highest BCUT2D eigenvalue weighted by Crippen LogP contribution is 2.31. The molecule has 1 aromatic heterocycles. The Labute approximate surface area is 115 Å². The molecule has 1 unspecified atom stereocenters. The first-order chi connectivity index (χ1) is 8.51. The number of rotatable bonds is 7. The Hall–Kier alpha value is -0.580. The molecule has 0 bridgehead atoms. The van der Waals surface area contributed by atoms with E-state index in [2.05, 4.69) is 23.8 Å². The Morgan fingerprint density at radius 1 is 1.39 bits per heavy atom. The number of aromatic nitrogens is 2. The Bertz CT molecular complexity index is 361. The van der Waals surface area contributed by atoms with Crippen LogP contribution in [0.1, 0.15) is 38.5 Å². The minimum atomic E-state index is -0.530. The first-order valence-electron chi connectivity index (χ1n) is 6.55. The fourth-order valence-corrected chi connectivity index (χ4v) is 2.35. The summed E-state index contributed by atoms with van der Waals surface area (Å²) < 4.78 is 1.82. The van der Waals surface area contributed by atoms with Crippen molar-refractivity contribution in [2.24, 2.45) is 5.92 Å². The second kappa shape index (κ2) is 7.12. The number of hydrogen-bond acceptors (Lipinski definition) is 3. The van der Waals surface area contributed by atoms with Crippen molar-refractivity contribution in [1.29, 1.82) is 0 Å². The number of likely N-dealkylation sites (N-methyl/N-ethyl adjacent to an activating group) is 1. The Balaban J connectivity index is 2.89. The van der Waals surface area contributed by atoms with Crippen LogP contribution in [0.25, 0.3) is 0 Å². The largest absolute Gasteiger partial charge is 0.386 e. The molecule has 1 rings (SSSR count). The molecule has 5 heteroatoms. The Morgan fingerprint density at radius 2 is 2.00 bits per heavy atom. The highest BCUT2D eigenvalue weighted by Gasteiger charge is 2.24. The van der Waals surface area contributed by atoms with E-state index in [0.29, 0.717) is 5.02 Å². The van der Waals surface area contributed by atoms with E-state index < -0.39 is 6.10 Å². The lowest BCUT2D eigenvalue weighted by atomic mass is 9.94. The van der Waals surface area contributed by atoms with Crippen LogP contribution < -0.4 is 0 Å². The maximum Gasteiger partial charge on any atom is 0.0999 e. The second-order valence-electron chi connectivity index (χ2n) is 4.93. The van der Waals surface area contributed by atoms with Crippen molar-refractivity contribution >= 4 is 11.6 Å². The lowest BCUT2D eigenvalue weighted by Gasteiger charge is -2.22. The number of aliphatic hydroxyl groups excluding tert-OH is 1. The van der Waals surface area contributed by atoms with Crippen molar-refractivity contribution in [3.05, 3.63) is 16.9 Å². The van der Waals surface area contributed by atoms with Crippen LogP contribution in [0.2, 0.25) is 5.02 Å². The van der Waals surface area contributed by atoms with Gasteiger partial charge in [-0.3, -0.25) is 4.68 Å². The molecule has 0 aliphatic heterocycles. The molecule has 0 aliphatic carbocycles. The summed E-state index contributed by atoms with van der Waals surface area (Å²) in [6, 6.07) is 0. The van der Waals surface area contributed by atoms with Crippen LogP contribution >= 0.6 is 11.6 Å². The molecule has 0 saturated carbocycles. The highest BCUT2D eigenvalue weighted by atomic mass is 35.5. The number of nitrogens with zero attached hydrogens (tertiary/aromatic N) is 3. The number of aliphatic hydroxyl groups is 1. The fraction of sp³-hybridized carbons (Fsp3) is 0.769. The first kappa shape index (κ1) is 15.5. The predicted octanol–water partition coefficient (Wildman–Crippen LogP) is 2.57. The molecule has 0 radical (unpaired) electrons. The molecular formula is C13H24ClN3O. The lowest BCUT2D eigenvalue weighted by molar-refractivity contribution is 0.0936. The third kappa shape index (κ3) is 3.70. The Morgan fingerprint density at radius 3 is 2.50 bits per heavy atom. The van der Waals surface area contributed by atoms with Gasteiger partial charge in [0, 0.05) is 6.54 Å². The van der Waals surface area contributed by atoms with Crippen LogP contribution in [0.3, 0.4) is 0 Å². The summed E-state index contributed by atoms with van der Waals surface area (Å²) in [5.74, 6) is 0.234. The molecule has 0 saturated heterocycles. The van der Waals surface area contributed by atoms with Gasteiger partial charge >= 0.3 is 0 Å². The third-order valence-electron chi connectivity index (χ3n) is 3.37. The summed E-state index contributed by atoms with van der Waals surface area (Å²) in [6.45, 7) is 5.80. The molecule has 4 nitrogen and oxygen atoms in total. The fourth-order valence-electron chi connectivity index (χ4n) is 2.10. The minimum absolute atomic E-state index is 0.234. The SMILES string of the molecule is CCC(CC)C(O)c1c(Cl)cnn1CCN(C)C. The molecule has 0 spiro atoms.